The molecule has 162 valence electrons. The Hall–Kier alpha value is -3.38. The topological polar surface area (TPSA) is 49.4 Å². The molecule has 0 saturated carbocycles. The molecule has 3 aromatic carbocycles. The van der Waals surface area contributed by atoms with Crippen LogP contribution in [-0.2, 0) is 22.6 Å². The average Bonchev–Trinajstić information content (AvgIpc) is 2.78. The van der Waals surface area contributed by atoms with Gasteiger partial charge in [0.2, 0.25) is 5.91 Å². The molecule has 4 nitrogen and oxygen atoms in total. The van der Waals surface area contributed by atoms with Gasteiger partial charge in [-0.2, -0.15) is 0 Å². The molecule has 3 aromatic rings. The van der Waals surface area contributed by atoms with Crippen molar-refractivity contribution in [1.29, 1.82) is 0 Å². The first-order chi connectivity index (χ1) is 15.5. The highest BCUT2D eigenvalue weighted by molar-refractivity contribution is 8.04. The number of benzene rings is 3. The number of carbonyl (C=O) groups excluding carboxylic acids is 2. The van der Waals surface area contributed by atoms with E-state index < -0.39 is 0 Å². The largest absolute Gasteiger partial charge is 0.352 e. The average molecular weight is 447 g/mol. The van der Waals surface area contributed by atoms with E-state index in [1.807, 2.05) is 49.4 Å². The van der Waals surface area contributed by atoms with E-state index >= 15 is 0 Å². The molecule has 1 aliphatic rings. The number of nitrogens with one attached hydrogen (secondary N) is 1. The van der Waals surface area contributed by atoms with E-state index in [1.54, 1.807) is 17.0 Å². The molecule has 0 unspecified atom stereocenters. The normalized spacial score (nSPS) is 14.4. The summed E-state index contributed by atoms with van der Waals surface area (Å²) in [6.45, 7) is 2.82. The summed E-state index contributed by atoms with van der Waals surface area (Å²) >= 11 is 1.29. The molecule has 0 atom stereocenters. The molecule has 1 N–H and O–H groups in total. The molecular weight excluding hydrogens is 423 g/mol. The van der Waals surface area contributed by atoms with E-state index in [9.17, 15) is 14.0 Å². The first kappa shape index (κ1) is 21.8. The number of amides is 2. The van der Waals surface area contributed by atoms with Crippen LogP contribution in [0.3, 0.4) is 0 Å². The molecule has 0 bridgehead atoms. The Bertz CT molecular complexity index is 1170. The number of fused-ring (bicyclic) bond motifs is 1. The molecule has 32 heavy (non-hydrogen) atoms. The molecule has 2 amide bonds. The third-order valence-corrected chi connectivity index (χ3v) is 6.22. The maximum Gasteiger partial charge on any atom is 0.265 e. The molecule has 1 aliphatic heterocycles. The Morgan fingerprint density at radius 2 is 1.81 bits per heavy atom. The molecule has 0 saturated heterocycles. The zero-order valence-corrected chi connectivity index (χ0v) is 18.5. The highest BCUT2D eigenvalue weighted by Crippen LogP contribution is 2.41. The number of hydrogen-bond donors (Lipinski definition) is 1. The maximum atomic E-state index is 13.3. The second kappa shape index (κ2) is 9.83. The number of halogens is 1. The molecule has 4 rings (SSSR count). The molecule has 0 fully saturated rings. The minimum Gasteiger partial charge on any atom is -0.352 e. The van der Waals surface area contributed by atoms with E-state index in [4.69, 9.17) is 0 Å². The summed E-state index contributed by atoms with van der Waals surface area (Å²) in [6, 6.07) is 21.8. The van der Waals surface area contributed by atoms with Crippen LogP contribution in [0.5, 0.6) is 0 Å². The van der Waals surface area contributed by atoms with Crippen molar-refractivity contribution in [3.63, 3.8) is 0 Å². The Kier molecular flexibility index (Phi) is 6.71. The second-order valence-corrected chi connectivity index (χ2v) is 8.71. The van der Waals surface area contributed by atoms with Gasteiger partial charge in [0.15, 0.2) is 0 Å². The van der Waals surface area contributed by atoms with Crippen molar-refractivity contribution in [2.75, 3.05) is 11.4 Å². The van der Waals surface area contributed by atoms with Gasteiger partial charge in [0.1, 0.15) is 5.82 Å². The minimum atomic E-state index is -0.322. The highest BCUT2D eigenvalue weighted by atomic mass is 32.2. The maximum absolute atomic E-state index is 13.3. The van der Waals surface area contributed by atoms with Gasteiger partial charge in [-0.15, -0.1) is 0 Å². The number of aryl methyl sites for hydroxylation is 1. The van der Waals surface area contributed by atoms with Crippen molar-refractivity contribution in [3.05, 3.63) is 106 Å². The van der Waals surface area contributed by atoms with E-state index in [2.05, 4.69) is 11.4 Å². The van der Waals surface area contributed by atoms with Crippen LogP contribution in [0.25, 0.3) is 0 Å². The van der Waals surface area contributed by atoms with Gasteiger partial charge < -0.3 is 10.2 Å². The number of para-hydroxylation sites is 1. The fraction of sp³-hybridized carbons (Fsp3) is 0.154. The Morgan fingerprint density at radius 1 is 1.03 bits per heavy atom. The van der Waals surface area contributed by atoms with Crippen LogP contribution in [0.1, 0.15) is 16.7 Å². The smallest absolute Gasteiger partial charge is 0.265 e. The predicted octanol–water partition coefficient (Wildman–Crippen LogP) is 5.02. The lowest BCUT2D eigenvalue weighted by Gasteiger charge is -2.30. The van der Waals surface area contributed by atoms with Crippen molar-refractivity contribution in [1.82, 2.24) is 5.32 Å². The lowest BCUT2D eigenvalue weighted by Crippen LogP contribution is -2.34. The van der Waals surface area contributed by atoms with Gasteiger partial charge in [-0.25, -0.2) is 4.39 Å². The lowest BCUT2D eigenvalue weighted by atomic mass is 10.1. The van der Waals surface area contributed by atoms with Crippen LogP contribution in [0.4, 0.5) is 10.1 Å². The van der Waals surface area contributed by atoms with Crippen LogP contribution < -0.4 is 10.2 Å². The van der Waals surface area contributed by atoms with Crippen LogP contribution in [0.15, 0.2) is 88.7 Å². The third kappa shape index (κ3) is 5.26. The zero-order chi connectivity index (χ0) is 22.5. The van der Waals surface area contributed by atoms with Crippen LogP contribution >= 0.6 is 11.8 Å². The number of anilines is 1. The van der Waals surface area contributed by atoms with Crippen molar-refractivity contribution in [2.45, 2.75) is 24.8 Å². The molecule has 0 aromatic heterocycles. The number of rotatable bonds is 6. The highest BCUT2D eigenvalue weighted by Gasteiger charge is 2.29. The first-order valence-corrected chi connectivity index (χ1v) is 11.2. The first-order valence-electron chi connectivity index (χ1n) is 10.4. The van der Waals surface area contributed by atoms with Gasteiger partial charge in [0.05, 0.1) is 17.1 Å². The summed E-state index contributed by atoms with van der Waals surface area (Å²) in [5.74, 6) is -0.862. The zero-order valence-electron chi connectivity index (χ0n) is 17.7. The van der Waals surface area contributed by atoms with Crippen LogP contribution in [0, 0.1) is 12.7 Å². The van der Waals surface area contributed by atoms with E-state index in [-0.39, 0.29) is 17.6 Å². The van der Waals surface area contributed by atoms with Gasteiger partial charge in [0.25, 0.3) is 5.91 Å². The number of thioether (sulfide) groups is 1. The third-order valence-electron chi connectivity index (χ3n) is 5.14. The van der Waals surface area contributed by atoms with Crippen molar-refractivity contribution in [3.8, 4) is 0 Å². The summed E-state index contributed by atoms with van der Waals surface area (Å²) in [5, 5.41) is 2.87. The van der Waals surface area contributed by atoms with Gasteiger partial charge in [-0.3, -0.25) is 9.59 Å². The monoisotopic (exact) mass is 446 g/mol. The van der Waals surface area contributed by atoms with Gasteiger partial charge in [-0.1, -0.05) is 65.9 Å². The van der Waals surface area contributed by atoms with Crippen molar-refractivity contribution < 1.29 is 14.0 Å². The Labute approximate surface area is 191 Å². The number of nitrogens with zero attached hydrogens (tertiary/aromatic N) is 1. The second-order valence-electron chi connectivity index (χ2n) is 7.63. The predicted molar refractivity (Wildman–Crippen MR) is 126 cm³/mol. The van der Waals surface area contributed by atoms with E-state index in [1.165, 1.54) is 35.5 Å². The molecule has 6 heteroatoms. The van der Waals surface area contributed by atoms with Crippen LogP contribution in [0.2, 0.25) is 0 Å². The SMILES string of the molecule is Cc1cccc(CCNC(=O)C=C2Sc3ccccc3N(Cc3ccc(F)cc3)C2=O)c1. The van der Waals surface area contributed by atoms with Gasteiger partial charge in [0, 0.05) is 17.5 Å². The Morgan fingerprint density at radius 3 is 2.59 bits per heavy atom. The van der Waals surface area contributed by atoms with E-state index in [0.29, 0.717) is 18.0 Å². The summed E-state index contributed by atoms with van der Waals surface area (Å²) in [4.78, 5) is 28.6. The van der Waals surface area contributed by atoms with Crippen molar-refractivity contribution >= 4 is 29.3 Å². The summed E-state index contributed by atoms with van der Waals surface area (Å²) in [7, 11) is 0. The minimum absolute atomic E-state index is 0.244. The number of hydrogen-bond acceptors (Lipinski definition) is 3. The molecule has 0 aliphatic carbocycles. The summed E-state index contributed by atoms with van der Waals surface area (Å²) in [6.07, 6.45) is 2.09. The standard InChI is InChI=1S/C26H23FN2O2S/c1-18-5-4-6-19(15-18)13-14-28-25(30)16-24-26(31)29(17-20-9-11-21(27)12-10-20)22-7-2-3-8-23(22)32-24/h2-12,15-16H,13-14,17H2,1H3,(H,28,30). The van der Waals surface area contributed by atoms with Crippen LogP contribution in [-0.4, -0.2) is 18.4 Å². The fourth-order valence-electron chi connectivity index (χ4n) is 3.56. The fourth-order valence-corrected chi connectivity index (χ4v) is 4.59. The summed E-state index contributed by atoms with van der Waals surface area (Å²) < 4.78 is 13.3. The lowest BCUT2D eigenvalue weighted by molar-refractivity contribution is -0.118. The molecule has 1 heterocycles. The number of carbonyl (C=O) groups is 2. The molecular formula is C26H23FN2O2S. The quantitative estimate of drug-likeness (QED) is 0.541. The van der Waals surface area contributed by atoms with Gasteiger partial charge >= 0.3 is 0 Å². The Balaban J connectivity index is 1.48. The van der Waals surface area contributed by atoms with Gasteiger partial charge in [-0.05, 0) is 48.7 Å². The molecule has 0 spiro atoms. The molecule has 0 radical (unpaired) electrons. The van der Waals surface area contributed by atoms with E-state index in [0.717, 1.165) is 28.1 Å². The van der Waals surface area contributed by atoms with Crippen molar-refractivity contribution in [2.24, 2.45) is 0 Å². The summed E-state index contributed by atoms with van der Waals surface area (Å²) in [5.41, 5.74) is 3.92.